The number of halogens is 1. The largest absolute Gasteiger partial charge is 0.494 e. The monoisotopic (exact) mass is 334 g/mol. The Morgan fingerprint density at radius 1 is 1.15 bits per heavy atom. The number of rotatable bonds is 5. The van der Waals surface area contributed by atoms with Crippen LogP contribution in [0.5, 0.6) is 5.75 Å². The molecule has 2 rings (SSSR count). The third-order valence-electron chi connectivity index (χ3n) is 3.22. The molecule has 0 aliphatic heterocycles. The van der Waals surface area contributed by atoms with Crippen LogP contribution in [-0.2, 0) is 0 Å². The maximum atomic E-state index is 5.73. The Labute approximate surface area is 128 Å². The minimum Gasteiger partial charge on any atom is -0.494 e. The van der Waals surface area contributed by atoms with Crippen LogP contribution < -0.4 is 16.0 Å². The van der Waals surface area contributed by atoms with Crippen molar-refractivity contribution in [1.29, 1.82) is 0 Å². The van der Waals surface area contributed by atoms with E-state index in [1.54, 1.807) is 0 Å². The van der Waals surface area contributed by atoms with E-state index in [-0.39, 0.29) is 6.04 Å². The number of aryl methyl sites for hydroxylation is 1. The summed E-state index contributed by atoms with van der Waals surface area (Å²) in [5, 5.41) is 0. The van der Waals surface area contributed by atoms with E-state index in [1.165, 1.54) is 5.56 Å². The Balaban J connectivity index is 2.29. The van der Waals surface area contributed by atoms with E-state index in [0.29, 0.717) is 6.61 Å². The number of hydrogen-bond donors (Lipinski definition) is 2. The van der Waals surface area contributed by atoms with E-state index in [1.807, 2.05) is 31.2 Å². The quantitative estimate of drug-likeness (QED) is 0.647. The SMILES string of the molecule is CCOc1ccc(C(NN)c2ccc(C)c(Br)c2)cc1. The standard InChI is InChI=1S/C16H19BrN2O/c1-3-20-14-8-6-12(7-9-14)16(19-18)13-5-4-11(2)15(17)10-13/h4-10,16,19H,3,18H2,1-2H3. The molecule has 1 atom stereocenters. The maximum Gasteiger partial charge on any atom is 0.119 e. The molecule has 0 saturated carbocycles. The second-order valence-electron chi connectivity index (χ2n) is 4.61. The Morgan fingerprint density at radius 3 is 2.35 bits per heavy atom. The zero-order chi connectivity index (χ0) is 14.5. The summed E-state index contributed by atoms with van der Waals surface area (Å²) in [5.41, 5.74) is 6.30. The molecule has 0 radical (unpaired) electrons. The van der Waals surface area contributed by atoms with Crippen molar-refractivity contribution in [2.45, 2.75) is 19.9 Å². The van der Waals surface area contributed by atoms with Crippen molar-refractivity contribution in [2.24, 2.45) is 5.84 Å². The lowest BCUT2D eigenvalue weighted by Crippen LogP contribution is -2.28. The van der Waals surface area contributed by atoms with Gasteiger partial charge in [0.15, 0.2) is 0 Å². The summed E-state index contributed by atoms with van der Waals surface area (Å²) >= 11 is 3.56. The van der Waals surface area contributed by atoms with Crippen LogP contribution in [0.2, 0.25) is 0 Å². The van der Waals surface area contributed by atoms with Crippen molar-refractivity contribution in [3.8, 4) is 5.75 Å². The topological polar surface area (TPSA) is 47.3 Å². The van der Waals surface area contributed by atoms with E-state index in [0.717, 1.165) is 21.3 Å². The zero-order valence-electron chi connectivity index (χ0n) is 11.7. The highest BCUT2D eigenvalue weighted by molar-refractivity contribution is 9.10. The molecule has 0 amide bonds. The van der Waals surface area contributed by atoms with Crippen LogP contribution in [0, 0.1) is 6.92 Å². The van der Waals surface area contributed by atoms with Gasteiger partial charge in [0, 0.05) is 4.47 Å². The van der Waals surface area contributed by atoms with Crippen LogP contribution in [0.15, 0.2) is 46.9 Å². The second kappa shape index (κ2) is 6.88. The Bertz CT molecular complexity index is 569. The molecule has 0 fully saturated rings. The Hall–Kier alpha value is -1.36. The normalized spacial score (nSPS) is 12.2. The van der Waals surface area contributed by atoms with E-state index < -0.39 is 0 Å². The van der Waals surface area contributed by atoms with Crippen molar-refractivity contribution in [1.82, 2.24) is 5.43 Å². The Kier molecular flexibility index (Phi) is 5.17. The maximum absolute atomic E-state index is 5.73. The fourth-order valence-electron chi connectivity index (χ4n) is 2.10. The molecule has 20 heavy (non-hydrogen) atoms. The second-order valence-corrected chi connectivity index (χ2v) is 5.46. The van der Waals surface area contributed by atoms with Gasteiger partial charge in [0.1, 0.15) is 5.75 Å². The molecular formula is C16H19BrN2O. The highest BCUT2D eigenvalue weighted by atomic mass is 79.9. The van der Waals surface area contributed by atoms with Gasteiger partial charge in [-0.15, -0.1) is 0 Å². The van der Waals surface area contributed by atoms with Gasteiger partial charge in [0.2, 0.25) is 0 Å². The molecule has 0 aliphatic carbocycles. The van der Waals surface area contributed by atoms with Crippen LogP contribution in [0.4, 0.5) is 0 Å². The lowest BCUT2D eigenvalue weighted by atomic mass is 9.98. The van der Waals surface area contributed by atoms with E-state index in [2.05, 4.69) is 46.5 Å². The molecule has 0 heterocycles. The molecular weight excluding hydrogens is 316 g/mol. The van der Waals surface area contributed by atoms with Gasteiger partial charge in [0.05, 0.1) is 12.6 Å². The van der Waals surface area contributed by atoms with Gasteiger partial charge >= 0.3 is 0 Å². The first kappa shape index (κ1) is 15.0. The van der Waals surface area contributed by atoms with Gasteiger partial charge in [-0.2, -0.15) is 0 Å². The number of nitrogens with one attached hydrogen (secondary N) is 1. The molecule has 2 aromatic rings. The lowest BCUT2D eigenvalue weighted by molar-refractivity contribution is 0.340. The van der Waals surface area contributed by atoms with Crippen molar-refractivity contribution in [3.05, 3.63) is 63.6 Å². The van der Waals surface area contributed by atoms with Crippen molar-refractivity contribution < 1.29 is 4.74 Å². The highest BCUT2D eigenvalue weighted by Gasteiger charge is 2.13. The van der Waals surface area contributed by atoms with Gasteiger partial charge in [0.25, 0.3) is 0 Å². The summed E-state index contributed by atoms with van der Waals surface area (Å²) in [6.45, 7) is 4.71. The minimum absolute atomic E-state index is 0.0393. The summed E-state index contributed by atoms with van der Waals surface area (Å²) < 4.78 is 6.54. The summed E-state index contributed by atoms with van der Waals surface area (Å²) in [6.07, 6.45) is 0. The minimum atomic E-state index is -0.0393. The zero-order valence-corrected chi connectivity index (χ0v) is 13.3. The lowest BCUT2D eigenvalue weighted by Gasteiger charge is -2.18. The summed E-state index contributed by atoms with van der Waals surface area (Å²) in [7, 11) is 0. The first-order valence-corrected chi connectivity index (χ1v) is 7.40. The van der Waals surface area contributed by atoms with Crippen LogP contribution in [0.1, 0.15) is 29.7 Å². The van der Waals surface area contributed by atoms with Crippen LogP contribution in [-0.4, -0.2) is 6.61 Å². The van der Waals surface area contributed by atoms with Gasteiger partial charge in [-0.05, 0) is 48.7 Å². The molecule has 2 aromatic carbocycles. The summed E-state index contributed by atoms with van der Waals surface area (Å²) in [6, 6.07) is 14.2. The number of hydrogen-bond acceptors (Lipinski definition) is 3. The third kappa shape index (κ3) is 3.39. The fraction of sp³-hybridized carbons (Fsp3) is 0.250. The number of ether oxygens (including phenoxy) is 1. The molecule has 0 aromatic heterocycles. The Morgan fingerprint density at radius 2 is 1.80 bits per heavy atom. The van der Waals surface area contributed by atoms with Crippen molar-refractivity contribution in [3.63, 3.8) is 0 Å². The van der Waals surface area contributed by atoms with Gasteiger partial charge < -0.3 is 4.74 Å². The molecule has 4 heteroatoms. The average molecular weight is 335 g/mol. The fourth-order valence-corrected chi connectivity index (χ4v) is 2.49. The first-order valence-electron chi connectivity index (χ1n) is 6.60. The van der Waals surface area contributed by atoms with Crippen LogP contribution in [0.25, 0.3) is 0 Å². The van der Waals surface area contributed by atoms with Crippen LogP contribution in [0.3, 0.4) is 0 Å². The predicted octanol–water partition coefficient (Wildman–Crippen LogP) is 3.71. The molecule has 0 spiro atoms. The molecule has 1 unspecified atom stereocenters. The van der Waals surface area contributed by atoms with E-state index in [4.69, 9.17) is 10.6 Å². The molecule has 0 bridgehead atoms. The number of nitrogens with two attached hydrogens (primary N) is 1. The van der Waals surface area contributed by atoms with Crippen molar-refractivity contribution >= 4 is 15.9 Å². The highest BCUT2D eigenvalue weighted by Crippen LogP contribution is 2.27. The van der Waals surface area contributed by atoms with Gasteiger partial charge in [-0.3, -0.25) is 5.84 Å². The average Bonchev–Trinajstić information content (AvgIpc) is 2.46. The molecule has 3 N–H and O–H groups in total. The predicted molar refractivity (Wildman–Crippen MR) is 85.7 cm³/mol. The summed E-state index contributed by atoms with van der Waals surface area (Å²) in [4.78, 5) is 0. The summed E-state index contributed by atoms with van der Waals surface area (Å²) in [5.74, 6) is 6.60. The molecule has 3 nitrogen and oxygen atoms in total. The molecule has 0 saturated heterocycles. The van der Waals surface area contributed by atoms with Crippen molar-refractivity contribution in [2.75, 3.05) is 6.61 Å². The molecule has 0 aliphatic rings. The van der Waals surface area contributed by atoms with Gasteiger partial charge in [-0.1, -0.05) is 40.2 Å². The first-order chi connectivity index (χ1) is 9.65. The number of hydrazine groups is 1. The molecule has 106 valence electrons. The van der Waals surface area contributed by atoms with Crippen LogP contribution >= 0.6 is 15.9 Å². The van der Waals surface area contributed by atoms with E-state index >= 15 is 0 Å². The third-order valence-corrected chi connectivity index (χ3v) is 4.07. The number of benzene rings is 2. The van der Waals surface area contributed by atoms with E-state index in [9.17, 15) is 0 Å². The smallest absolute Gasteiger partial charge is 0.119 e. The van der Waals surface area contributed by atoms with Gasteiger partial charge in [-0.25, -0.2) is 5.43 Å².